The second kappa shape index (κ2) is 5.99. The molecule has 0 atom stereocenters. The van der Waals surface area contributed by atoms with Crippen LogP contribution in [-0.2, 0) is 14.8 Å². The molecule has 0 aliphatic rings. The summed E-state index contributed by atoms with van der Waals surface area (Å²) in [5.74, 6) is 0.101. The summed E-state index contributed by atoms with van der Waals surface area (Å²) in [5.41, 5.74) is -0.577. The van der Waals surface area contributed by atoms with Crippen LogP contribution in [0.3, 0.4) is 0 Å². The zero-order chi connectivity index (χ0) is 15.6. The fraction of sp³-hybridized carbons (Fsp3) is 0.417. The Hall–Kier alpha value is -1.31. The molecule has 112 valence electrons. The standard InChI is InChI=1S/C12H17ClN2O4S/c1-12(2,7-13)11(16)15-9-6-8(20(14,17)18)4-5-10(9)19-3/h4-6H,7H2,1-3H3,(H,15,16)(H2,14,17,18). The molecule has 0 aromatic heterocycles. The number of nitrogens with one attached hydrogen (secondary N) is 1. The molecule has 0 fully saturated rings. The quantitative estimate of drug-likeness (QED) is 0.804. The first-order valence-corrected chi connectivity index (χ1v) is 7.78. The van der Waals surface area contributed by atoms with Crippen LogP contribution in [0.4, 0.5) is 5.69 Å². The predicted molar refractivity (Wildman–Crippen MR) is 77.5 cm³/mol. The molecule has 0 unspecified atom stereocenters. The minimum Gasteiger partial charge on any atom is -0.495 e. The van der Waals surface area contributed by atoms with Gasteiger partial charge in [-0.1, -0.05) is 0 Å². The first kappa shape index (κ1) is 16.7. The number of carbonyl (C=O) groups excluding carboxylic acids is 1. The fourth-order valence-electron chi connectivity index (χ4n) is 1.31. The second-order valence-corrected chi connectivity index (χ2v) is 6.71. The molecule has 0 aliphatic carbocycles. The highest BCUT2D eigenvalue weighted by molar-refractivity contribution is 7.89. The number of halogens is 1. The number of amides is 1. The number of hydrogen-bond donors (Lipinski definition) is 2. The topological polar surface area (TPSA) is 98.5 Å². The highest BCUT2D eigenvalue weighted by Crippen LogP contribution is 2.29. The van der Waals surface area contributed by atoms with Gasteiger partial charge in [0.2, 0.25) is 15.9 Å². The fourth-order valence-corrected chi connectivity index (χ4v) is 1.98. The van der Waals surface area contributed by atoms with Crippen molar-refractivity contribution >= 4 is 33.2 Å². The maximum absolute atomic E-state index is 12.1. The van der Waals surface area contributed by atoms with Crippen LogP contribution in [-0.4, -0.2) is 27.3 Å². The lowest BCUT2D eigenvalue weighted by Gasteiger charge is -2.21. The van der Waals surface area contributed by atoms with E-state index < -0.39 is 15.4 Å². The number of alkyl halides is 1. The summed E-state index contributed by atoms with van der Waals surface area (Å²) < 4.78 is 27.7. The van der Waals surface area contributed by atoms with E-state index in [0.29, 0.717) is 5.75 Å². The Balaban J connectivity index is 3.19. The third-order valence-electron chi connectivity index (χ3n) is 2.70. The normalized spacial score (nSPS) is 12.1. The van der Waals surface area contributed by atoms with Crippen LogP contribution in [0.2, 0.25) is 0 Å². The number of ether oxygens (including phenoxy) is 1. The highest BCUT2D eigenvalue weighted by atomic mass is 35.5. The van der Waals surface area contributed by atoms with Gasteiger partial charge in [0, 0.05) is 5.88 Å². The van der Waals surface area contributed by atoms with Crippen LogP contribution in [0.15, 0.2) is 23.1 Å². The van der Waals surface area contributed by atoms with Crippen LogP contribution in [0.5, 0.6) is 5.75 Å². The predicted octanol–water partition coefficient (Wildman–Crippen LogP) is 1.55. The van der Waals surface area contributed by atoms with E-state index in [1.165, 1.54) is 25.3 Å². The Morgan fingerprint density at radius 1 is 1.45 bits per heavy atom. The molecule has 6 nitrogen and oxygen atoms in total. The molecule has 1 aromatic carbocycles. The minimum absolute atomic E-state index is 0.114. The molecule has 0 heterocycles. The van der Waals surface area contributed by atoms with Gasteiger partial charge in [-0.15, -0.1) is 11.6 Å². The summed E-state index contributed by atoms with van der Waals surface area (Å²) in [5, 5.41) is 7.65. The third kappa shape index (κ3) is 3.84. The van der Waals surface area contributed by atoms with Gasteiger partial charge in [0.05, 0.1) is 23.1 Å². The molecule has 0 aliphatic heterocycles. The van der Waals surface area contributed by atoms with Crippen molar-refractivity contribution in [3.8, 4) is 5.75 Å². The number of carbonyl (C=O) groups is 1. The zero-order valence-electron chi connectivity index (χ0n) is 11.4. The molecule has 20 heavy (non-hydrogen) atoms. The van der Waals surface area contributed by atoms with E-state index in [-0.39, 0.29) is 22.4 Å². The number of benzene rings is 1. The Bertz CT molecular complexity index is 614. The summed E-state index contributed by atoms with van der Waals surface area (Å²) in [6.07, 6.45) is 0. The van der Waals surface area contributed by atoms with Gasteiger partial charge in [0.25, 0.3) is 0 Å². The SMILES string of the molecule is COc1ccc(S(N)(=O)=O)cc1NC(=O)C(C)(C)CCl. The van der Waals surface area contributed by atoms with Gasteiger partial charge in [0.15, 0.2) is 0 Å². The first-order chi connectivity index (χ1) is 9.11. The second-order valence-electron chi connectivity index (χ2n) is 4.88. The minimum atomic E-state index is -3.86. The number of sulfonamides is 1. The lowest BCUT2D eigenvalue weighted by Crippen LogP contribution is -2.32. The molecule has 0 saturated carbocycles. The molecule has 0 saturated heterocycles. The molecule has 1 rings (SSSR count). The van der Waals surface area contributed by atoms with Crippen LogP contribution < -0.4 is 15.2 Å². The Morgan fingerprint density at radius 2 is 2.05 bits per heavy atom. The van der Waals surface area contributed by atoms with Crippen LogP contribution in [0, 0.1) is 5.41 Å². The van der Waals surface area contributed by atoms with Gasteiger partial charge in [-0.3, -0.25) is 4.79 Å². The van der Waals surface area contributed by atoms with E-state index in [1.807, 2.05) is 0 Å². The summed E-state index contributed by atoms with van der Waals surface area (Å²) >= 11 is 5.72. The van der Waals surface area contributed by atoms with Gasteiger partial charge in [-0.05, 0) is 32.0 Å². The Morgan fingerprint density at radius 3 is 2.50 bits per heavy atom. The van der Waals surface area contributed by atoms with Crippen LogP contribution in [0.25, 0.3) is 0 Å². The largest absolute Gasteiger partial charge is 0.495 e. The molecule has 0 spiro atoms. The van der Waals surface area contributed by atoms with Crippen molar-refractivity contribution in [1.29, 1.82) is 0 Å². The Labute approximate surface area is 123 Å². The van der Waals surface area contributed by atoms with Gasteiger partial charge < -0.3 is 10.1 Å². The van der Waals surface area contributed by atoms with E-state index in [9.17, 15) is 13.2 Å². The molecule has 1 amide bonds. The summed E-state index contributed by atoms with van der Waals surface area (Å²) in [4.78, 5) is 11.9. The molecular weight excluding hydrogens is 304 g/mol. The molecule has 1 aromatic rings. The van der Waals surface area contributed by atoms with Crippen molar-refractivity contribution in [2.45, 2.75) is 18.7 Å². The van der Waals surface area contributed by atoms with E-state index in [0.717, 1.165) is 0 Å². The van der Waals surface area contributed by atoms with Crippen LogP contribution in [0.1, 0.15) is 13.8 Å². The average molecular weight is 321 g/mol. The van der Waals surface area contributed by atoms with Crippen molar-refractivity contribution in [1.82, 2.24) is 0 Å². The number of rotatable bonds is 5. The summed E-state index contributed by atoms with van der Waals surface area (Å²) in [6.45, 7) is 3.34. The molecular formula is C12H17ClN2O4S. The molecule has 3 N–H and O–H groups in total. The number of primary sulfonamides is 1. The lowest BCUT2D eigenvalue weighted by molar-refractivity contribution is -0.122. The van der Waals surface area contributed by atoms with Crippen molar-refractivity contribution in [2.24, 2.45) is 10.6 Å². The van der Waals surface area contributed by atoms with Crippen LogP contribution >= 0.6 is 11.6 Å². The highest BCUT2D eigenvalue weighted by Gasteiger charge is 2.27. The van der Waals surface area contributed by atoms with Crippen molar-refractivity contribution in [3.63, 3.8) is 0 Å². The third-order valence-corrected chi connectivity index (χ3v) is 4.28. The smallest absolute Gasteiger partial charge is 0.238 e. The van der Waals surface area contributed by atoms with Gasteiger partial charge in [0.1, 0.15) is 5.75 Å². The van der Waals surface area contributed by atoms with Gasteiger partial charge >= 0.3 is 0 Å². The molecule has 0 bridgehead atoms. The number of hydrogen-bond acceptors (Lipinski definition) is 4. The summed E-state index contributed by atoms with van der Waals surface area (Å²) in [7, 11) is -2.45. The maximum Gasteiger partial charge on any atom is 0.238 e. The lowest BCUT2D eigenvalue weighted by atomic mass is 9.95. The van der Waals surface area contributed by atoms with Crippen molar-refractivity contribution in [3.05, 3.63) is 18.2 Å². The Kier molecular flexibility index (Phi) is 5.01. The number of methoxy groups -OCH3 is 1. The number of anilines is 1. The zero-order valence-corrected chi connectivity index (χ0v) is 13.0. The van der Waals surface area contributed by atoms with E-state index in [4.69, 9.17) is 21.5 Å². The maximum atomic E-state index is 12.1. The number of nitrogens with two attached hydrogens (primary N) is 1. The van der Waals surface area contributed by atoms with Crippen molar-refractivity contribution < 1.29 is 17.9 Å². The molecule has 8 heteroatoms. The van der Waals surface area contributed by atoms with E-state index >= 15 is 0 Å². The monoisotopic (exact) mass is 320 g/mol. The van der Waals surface area contributed by atoms with Gasteiger partial charge in [-0.2, -0.15) is 0 Å². The van der Waals surface area contributed by atoms with Crippen molar-refractivity contribution in [2.75, 3.05) is 18.3 Å². The first-order valence-electron chi connectivity index (χ1n) is 5.70. The average Bonchev–Trinajstić information content (AvgIpc) is 2.37. The van der Waals surface area contributed by atoms with E-state index in [2.05, 4.69) is 5.32 Å². The van der Waals surface area contributed by atoms with E-state index in [1.54, 1.807) is 13.8 Å². The van der Waals surface area contributed by atoms with Gasteiger partial charge in [-0.25, -0.2) is 13.6 Å². The molecule has 0 radical (unpaired) electrons. The summed E-state index contributed by atoms with van der Waals surface area (Å²) in [6, 6.07) is 3.97.